The van der Waals surface area contributed by atoms with Gasteiger partial charge in [0.2, 0.25) is 0 Å². The SMILES string of the molecule is CCCCC12CCC(=O)C(C)=C1c1cc(F)c(O)c(Cl)c1C2. The third-order valence-corrected chi connectivity index (χ3v) is 5.65. The molecule has 1 atom stereocenters. The number of carbonyl (C=O) groups excluding carboxylic acids is 1. The molecular formula is C18H20ClFO2. The maximum absolute atomic E-state index is 14.0. The summed E-state index contributed by atoms with van der Waals surface area (Å²) >= 11 is 6.19. The number of hydrogen-bond donors (Lipinski definition) is 1. The van der Waals surface area contributed by atoms with Gasteiger partial charge in [-0.2, -0.15) is 0 Å². The van der Waals surface area contributed by atoms with Gasteiger partial charge < -0.3 is 5.11 Å². The third kappa shape index (κ3) is 2.10. The zero-order valence-corrected chi connectivity index (χ0v) is 13.7. The highest BCUT2D eigenvalue weighted by Gasteiger charge is 2.47. The van der Waals surface area contributed by atoms with Crippen LogP contribution in [0.1, 0.15) is 57.1 Å². The molecule has 0 radical (unpaired) electrons. The normalized spacial score (nSPS) is 23.7. The quantitative estimate of drug-likeness (QED) is 0.845. The maximum atomic E-state index is 14.0. The fraction of sp³-hybridized carbons (Fsp3) is 0.500. The van der Waals surface area contributed by atoms with Gasteiger partial charge in [-0.25, -0.2) is 4.39 Å². The first kappa shape index (κ1) is 15.5. The van der Waals surface area contributed by atoms with Crippen LogP contribution in [0.2, 0.25) is 5.02 Å². The van der Waals surface area contributed by atoms with Gasteiger partial charge in [-0.3, -0.25) is 4.79 Å². The minimum atomic E-state index is -0.714. The molecule has 4 heteroatoms. The second-order valence-corrected chi connectivity index (χ2v) is 6.91. The molecule has 0 saturated carbocycles. The van der Waals surface area contributed by atoms with Gasteiger partial charge in [-0.15, -0.1) is 0 Å². The smallest absolute Gasteiger partial charge is 0.170 e. The Morgan fingerprint density at radius 1 is 1.45 bits per heavy atom. The lowest BCUT2D eigenvalue weighted by atomic mass is 9.67. The second kappa shape index (κ2) is 5.38. The van der Waals surface area contributed by atoms with E-state index in [1.54, 1.807) is 0 Å². The van der Waals surface area contributed by atoms with E-state index in [2.05, 4.69) is 6.92 Å². The molecule has 0 aromatic heterocycles. The minimum absolute atomic E-state index is 0.105. The molecule has 2 aliphatic rings. The Kier molecular flexibility index (Phi) is 3.80. The van der Waals surface area contributed by atoms with Gasteiger partial charge in [0.1, 0.15) is 0 Å². The number of aromatic hydroxyl groups is 1. The van der Waals surface area contributed by atoms with E-state index in [1.165, 1.54) is 6.07 Å². The van der Waals surface area contributed by atoms with Gasteiger partial charge in [0.05, 0.1) is 5.02 Å². The number of unbranched alkanes of at least 4 members (excludes halogenated alkanes) is 1. The molecule has 2 aliphatic carbocycles. The van der Waals surface area contributed by atoms with Crippen LogP contribution in [0.15, 0.2) is 11.6 Å². The number of phenolic OH excluding ortho intramolecular Hbond substituents is 1. The van der Waals surface area contributed by atoms with Crippen molar-refractivity contribution in [2.24, 2.45) is 5.41 Å². The van der Waals surface area contributed by atoms with Gasteiger partial charge in [0, 0.05) is 11.8 Å². The summed E-state index contributed by atoms with van der Waals surface area (Å²) in [6.07, 6.45) is 5.12. The van der Waals surface area contributed by atoms with Crippen LogP contribution in [-0.4, -0.2) is 10.9 Å². The number of ketones is 1. The van der Waals surface area contributed by atoms with E-state index in [-0.39, 0.29) is 16.2 Å². The predicted octanol–water partition coefficient (Wildman–Crippen LogP) is 5.05. The maximum Gasteiger partial charge on any atom is 0.170 e. The lowest BCUT2D eigenvalue weighted by Crippen LogP contribution is -2.28. The first-order chi connectivity index (χ1) is 10.4. The Balaban J connectivity index is 2.23. The predicted molar refractivity (Wildman–Crippen MR) is 85.6 cm³/mol. The Morgan fingerprint density at radius 2 is 2.18 bits per heavy atom. The zero-order valence-electron chi connectivity index (χ0n) is 12.9. The molecule has 1 N–H and O–H groups in total. The molecule has 0 aliphatic heterocycles. The summed E-state index contributed by atoms with van der Waals surface area (Å²) in [6.45, 7) is 3.98. The number of allylic oxidation sites excluding steroid dienone is 2. The van der Waals surface area contributed by atoms with Crippen molar-refractivity contribution in [1.82, 2.24) is 0 Å². The zero-order chi connectivity index (χ0) is 16.1. The van der Waals surface area contributed by atoms with E-state index in [9.17, 15) is 14.3 Å². The Bertz CT molecular complexity index is 693. The molecule has 1 unspecified atom stereocenters. The summed E-state index contributed by atoms with van der Waals surface area (Å²) in [4.78, 5) is 12.2. The van der Waals surface area contributed by atoms with Crippen LogP contribution in [0, 0.1) is 11.2 Å². The van der Waals surface area contributed by atoms with E-state index in [1.807, 2.05) is 6.92 Å². The molecule has 3 rings (SSSR count). The highest BCUT2D eigenvalue weighted by Crippen LogP contribution is 2.58. The van der Waals surface area contributed by atoms with Crippen molar-refractivity contribution in [3.63, 3.8) is 0 Å². The van der Waals surface area contributed by atoms with Gasteiger partial charge >= 0.3 is 0 Å². The summed E-state index contributed by atoms with van der Waals surface area (Å²) in [6, 6.07) is 1.35. The van der Waals surface area contributed by atoms with Gasteiger partial charge in [-0.05, 0) is 54.5 Å². The van der Waals surface area contributed by atoms with Crippen molar-refractivity contribution in [1.29, 1.82) is 0 Å². The number of fused-ring (bicyclic) bond motifs is 3. The van der Waals surface area contributed by atoms with Gasteiger partial charge in [-0.1, -0.05) is 31.4 Å². The monoisotopic (exact) mass is 322 g/mol. The number of benzene rings is 1. The summed E-state index contributed by atoms with van der Waals surface area (Å²) in [5.74, 6) is -1.05. The standard InChI is InChI=1S/C18H20ClFO2/c1-3-4-6-18-7-5-14(21)10(2)15(18)11-8-13(20)17(22)16(19)12(11)9-18/h8,22H,3-7,9H2,1-2H3. The first-order valence-electron chi connectivity index (χ1n) is 7.86. The van der Waals surface area contributed by atoms with Crippen LogP contribution in [0.4, 0.5) is 4.39 Å². The minimum Gasteiger partial charge on any atom is -0.504 e. The van der Waals surface area contributed by atoms with E-state index >= 15 is 0 Å². The van der Waals surface area contributed by atoms with E-state index < -0.39 is 11.6 Å². The number of carbonyl (C=O) groups is 1. The molecule has 0 heterocycles. The third-order valence-electron chi connectivity index (χ3n) is 5.24. The highest BCUT2D eigenvalue weighted by molar-refractivity contribution is 6.33. The van der Waals surface area contributed by atoms with Gasteiger partial charge in [0.25, 0.3) is 0 Å². The van der Waals surface area contributed by atoms with Crippen LogP contribution >= 0.6 is 11.6 Å². The topological polar surface area (TPSA) is 37.3 Å². The number of phenols is 1. The Morgan fingerprint density at radius 3 is 2.86 bits per heavy atom. The Labute approximate surface area is 135 Å². The summed E-state index contributed by atoms with van der Waals surface area (Å²) < 4.78 is 14.0. The average Bonchev–Trinajstić information content (AvgIpc) is 2.82. The molecule has 0 spiro atoms. The fourth-order valence-corrected chi connectivity index (χ4v) is 4.36. The van der Waals surface area contributed by atoms with Crippen LogP contribution in [0.3, 0.4) is 0 Å². The van der Waals surface area contributed by atoms with Crippen molar-refractivity contribution in [2.75, 3.05) is 0 Å². The summed E-state index contributed by atoms with van der Waals surface area (Å²) in [5, 5.41) is 9.90. The molecule has 22 heavy (non-hydrogen) atoms. The molecular weight excluding hydrogens is 303 g/mol. The largest absolute Gasteiger partial charge is 0.504 e. The lowest BCUT2D eigenvalue weighted by Gasteiger charge is -2.36. The molecule has 1 aromatic rings. The fourth-order valence-electron chi connectivity index (χ4n) is 4.10. The molecule has 0 bridgehead atoms. The van der Waals surface area contributed by atoms with E-state index in [0.717, 1.165) is 48.0 Å². The van der Waals surface area contributed by atoms with Crippen LogP contribution in [0.5, 0.6) is 5.75 Å². The van der Waals surface area contributed by atoms with Crippen molar-refractivity contribution < 1.29 is 14.3 Å². The van der Waals surface area contributed by atoms with Crippen molar-refractivity contribution in [3.8, 4) is 5.75 Å². The Hall–Kier alpha value is -1.35. The number of hydrogen-bond acceptors (Lipinski definition) is 2. The van der Waals surface area contributed by atoms with Crippen molar-refractivity contribution in [3.05, 3.63) is 33.6 Å². The second-order valence-electron chi connectivity index (χ2n) is 6.53. The molecule has 0 amide bonds. The summed E-state index contributed by atoms with van der Waals surface area (Å²) in [5.41, 5.74) is 3.10. The highest BCUT2D eigenvalue weighted by atomic mass is 35.5. The number of Topliss-reactive ketones (excluding diaryl/α,β-unsaturated/α-hetero) is 1. The number of rotatable bonds is 3. The first-order valence-corrected chi connectivity index (χ1v) is 8.24. The van der Waals surface area contributed by atoms with E-state index in [0.29, 0.717) is 12.8 Å². The average molecular weight is 323 g/mol. The van der Waals surface area contributed by atoms with Crippen LogP contribution < -0.4 is 0 Å². The summed E-state index contributed by atoms with van der Waals surface area (Å²) in [7, 11) is 0. The molecule has 0 fully saturated rings. The van der Waals surface area contributed by atoms with Crippen LogP contribution in [0.25, 0.3) is 5.57 Å². The molecule has 1 aromatic carbocycles. The van der Waals surface area contributed by atoms with Crippen molar-refractivity contribution in [2.45, 2.75) is 52.4 Å². The lowest BCUT2D eigenvalue weighted by molar-refractivity contribution is -0.116. The number of halogens is 2. The molecule has 2 nitrogen and oxygen atoms in total. The van der Waals surface area contributed by atoms with Gasteiger partial charge in [0.15, 0.2) is 17.3 Å². The van der Waals surface area contributed by atoms with Crippen molar-refractivity contribution >= 4 is 23.0 Å². The van der Waals surface area contributed by atoms with Crippen LogP contribution in [-0.2, 0) is 11.2 Å². The molecule has 118 valence electrons. The molecule has 0 saturated heterocycles. The van der Waals surface area contributed by atoms with E-state index in [4.69, 9.17) is 11.6 Å².